The molecular formula is C18H18N6O. The molecule has 0 fully saturated rings. The summed E-state index contributed by atoms with van der Waals surface area (Å²) in [6.07, 6.45) is 2.46. The van der Waals surface area contributed by atoms with Crippen LogP contribution >= 0.6 is 0 Å². The monoisotopic (exact) mass is 334 g/mol. The van der Waals surface area contributed by atoms with Crippen molar-refractivity contribution in [3.05, 3.63) is 54.2 Å². The molecule has 7 nitrogen and oxygen atoms in total. The van der Waals surface area contributed by atoms with Gasteiger partial charge in [0.2, 0.25) is 0 Å². The number of aryl methyl sites for hydroxylation is 3. The van der Waals surface area contributed by atoms with Gasteiger partial charge < -0.3 is 20.5 Å². The minimum absolute atomic E-state index is 0.374. The number of anilines is 2. The zero-order valence-corrected chi connectivity index (χ0v) is 13.8. The van der Waals surface area contributed by atoms with Gasteiger partial charge in [-0.05, 0) is 43.3 Å². The molecule has 0 amide bonds. The fourth-order valence-electron chi connectivity index (χ4n) is 2.94. The Kier molecular flexibility index (Phi) is 3.61. The number of hydrogen-bond donors (Lipinski definition) is 2. The van der Waals surface area contributed by atoms with Crippen LogP contribution in [0.1, 0.15) is 11.6 Å². The average Bonchev–Trinajstić information content (AvgIpc) is 3.18. The van der Waals surface area contributed by atoms with Crippen LogP contribution in [0.3, 0.4) is 0 Å². The highest BCUT2D eigenvalue weighted by Crippen LogP contribution is 2.24. The molecule has 4 aromatic heterocycles. The lowest BCUT2D eigenvalue weighted by atomic mass is 10.1. The summed E-state index contributed by atoms with van der Waals surface area (Å²) in [5.74, 6) is 2.60. The first-order chi connectivity index (χ1) is 12.1. The predicted molar refractivity (Wildman–Crippen MR) is 96.7 cm³/mol. The lowest BCUT2D eigenvalue weighted by Crippen LogP contribution is -2.04. The van der Waals surface area contributed by atoms with Crippen molar-refractivity contribution in [2.75, 3.05) is 11.5 Å². The highest BCUT2D eigenvalue weighted by atomic mass is 16.3. The van der Waals surface area contributed by atoms with Gasteiger partial charge in [0.25, 0.3) is 0 Å². The van der Waals surface area contributed by atoms with Crippen LogP contribution in [0.4, 0.5) is 11.6 Å². The van der Waals surface area contributed by atoms with Crippen molar-refractivity contribution in [1.29, 1.82) is 0 Å². The van der Waals surface area contributed by atoms with Crippen molar-refractivity contribution in [3.8, 4) is 11.3 Å². The Labute approximate surface area is 144 Å². The van der Waals surface area contributed by atoms with Crippen LogP contribution in [0.25, 0.3) is 22.4 Å². The summed E-state index contributed by atoms with van der Waals surface area (Å²) in [6, 6.07) is 11.3. The second-order valence-electron chi connectivity index (χ2n) is 5.88. The number of nitrogens with two attached hydrogens (primary N) is 2. The molecule has 7 heteroatoms. The van der Waals surface area contributed by atoms with E-state index in [1.165, 1.54) is 0 Å². The van der Waals surface area contributed by atoms with E-state index < -0.39 is 0 Å². The number of rotatable bonds is 4. The van der Waals surface area contributed by atoms with Crippen molar-refractivity contribution < 1.29 is 4.42 Å². The molecule has 0 bridgehead atoms. The Morgan fingerprint density at radius 1 is 1.04 bits per heavy atom. The molecule has 0 aliphatic rings. The van der Waals surface area contributed by atoms with E-state index in [0.29, 0.717) is 11.6 Å². The first-order valence-electron chi connectivity index (χ1n) is 8.00. The number of nitrogen functional groups attached to an aromatic ring is 2. The molecule has 4 heterocycles. The van der Waals surface area contributed by atoms with Crippen molar-refractivity contribution in [2.45, 2.75) is 19.9 Å². The third-order valence-electron chi connectivity index (χ3n) is 4.11. The fraction of sp³-hybridized carbons (Fsp3) is 0.167. The molecule has 0 saturated carbocycles. The van der Waals surface area contributed by atoms with Crippen LogP contribution in [0.2, 0.25) is 0 Å². The average molecular weight is 334 g/mol. The first-order valence-corrected chi connectivity index (χ1v) is 8.00. The fourth-order valence-corrected chi connectivity index (χ4v) is 2.94. The van der Waals surface area contributed by atoms with E-state index in [4.69, 9.17) is 20.9 Å². The molecule has 0 aliphatic carbocycles. The predicted octanol–water partition coefficient (Wildman–Crippen LogP) is 2.80. The molecule has 126 valence electrons. The smallest absolute Gasteiger partial charge is 0.160 e. The van der Waals surface area contributed by atoms with Gasteiger partial charge in [0.1, 0.15) is 28.7 Å². The number of imidazole rings is 1. The van der Waals surface area contributed by atoms with Crippen molar-refractivity contribution in [3.63, 3.8) is 0 Å². The second kappa shape index (κ2) is 5.94. The normalized spacial score (nSPS) is 11.2. The Balaban J connectivity index is 1.75. The number of pyridine rings is 2. The van der Waals surface area contributed by atoms with Gasteiger partial charge in [-0.15, -0.1) is 0 Å². The molecule has 4 rings (SSSR count). The molecule has 0 unspecified atom stereocenters. The second-order valence-corrected chi connectivity index (χ2v) is 5.88. The van der Waals surface area contributed by atoms with E-state index >= 15 is 0 Å². The Bertz CT molecular complexity index is 1020. The van der Waals surface area contributed by atoms with Crippen LogP contribution in [0.5, 0.6) is 0 Å². The molecule has 0 aliphatic heterocycles. The number of nitrogens with zero attached hydrogens (tertiary/aromatic N) is 4. The minimum Gasteiger partial charge on any atom is -0.469 e. The van der Waals surface area contributed by atoms with Gasteiger partial charge in [-0.2, -0.15) is 0 Å². The molecule has 0 atom stereocenters. The third kappa shape index (κ3) is 2.91. The van der Waals surface area contributed by atoms with Gasteiger partial charge in [-0.25, -0.2) is 15.0 Å². The molecular weight excluding hydrogens is 316 g/mol. The molecule has 25 heavy (non-hydrogen) atoms. The lowest BCUT2D eigenvalue weighted by molar-refractivity contribution is 0.491. The first kappa shape index (κ1) is 15.2. The minimum atomic E-state index is 0.374. The van der Waals surface area contributed by atoms with Crippen LogP contribution in [0.15, 0.2) is 47.1 Å². The highest BCUT2D eigenvalue weighted by Gasteiger charge is 2.12. The van der Waals surface area contributed by atoms with E-state index in [0.717, 1.165) is 47.0 Å². The van der Waals surface area contributed by atoms with Gasteiger partial charge in [0, 0.05) is 18.5 Å². The lowest BCUT2D eigenvalue weighted by Gasteiger charge is -2.07. The topological polar surface area (TPSA) is 109 Å². The summed E-state index contributed by atoms with van der Waals surface area (Å²) in [5.41, 5.74) is 14.9. The van der Waals surface area contributed by atoms with Crippen LogP contribution in [-0.4, -0.2) is 19.5 Å². The number of aromatic nitrogens is 4. The molecule has 4 N–H and O–H groups in total. The summed E-state index contributed by atoms with van der Waals surface area (Å²) in [5, 5.41) is 0. The van der Waals surface area contributed by atoms with Crippen molar-refractivity contribution in [1.82, 2.24) is 19.5 Å². The van der Waals surface area contributed by atoms with Crippen molar-refractivity contribution in [2.24, 2.45) is 0 Å². The zero-order valence-electron chi connectivity index (χ0n) is 13.8. The quantitative estimate of drug-likeness (QED) is 0.594. The number of fused-ring (bicyclic) bond motifs is 1. The molecule has 0 aromatic carbocycles. The van der Waals surface area contributed by atoms with Crippen LogP contribution in [0, 0.1) is 6.92 Å². The standard InChI is InChI=1S/C18H18N6O/c1-11-21-15-5-4-14(12-9-16(19)23-17(20)10-12)22-18(15)24(11)7-6-13-3-2-8-25-13/h2-5,8-10H,6-7H2,1H3,(H4,19,20,23). The Morgan fingerprint density at radius 2 is 1.84 bits per heavy atom. The van der Waals surface area contributed by atoms with E-state index in [-0.39, 0.29) is 0 Å². The maximum atomic E-state index is 5.80. The summed E-state index contributed by atoms with van der Waals surface area (Å²) in [4.78, 5) is 13.4. The highest BCUT2D eigenvalue weighted by molar-refractivity contribution is 5.77. The number of furan rings is 1. The molecule has 4 aromatic rings. The summed E-state index contributed by atoms with van der Waals surface area (Å²) >= 11 is 0. The third-order valence-corrected chi connectivity index (χ3v) is 4.11. The van der Waals surface area contributed by atoms with Gasteiger partial charge in [0.15, 0.2) is 5.65 Å². The van der Waals surface area contributed by atoms with Gasteiger partial charge in [-0.3, -0.25) is 0 Å². The zero-order chi connectivity index (χ0) is 17.4. The Hall–Kier alpha value is -3.35. The van der Waals surface area contributed by atoms with E-state index in [9.17, 15) is 0 Å². The molecule has 0 radical (unpaired) electrons. The van der Waals surface area contributed by atoms with E-state index in [1.807, 2.05) is 31.2 Å². The van der Waals surface area contributed by atoms with Gasteiger partial charge in [0.05, 0.1) is 12.0 Å². The summed E-state index contributed by atoms with van der Waals surface area (Å²) in [6.45, 7) is 2.72. The van der Waals surface area contributed by atoms with E-state index in [2.05, 4.69) is 14.5 Å². The molecule has 0 spiro atoms. The largest absolute Gasteiger partial charge is 0.469 e. The van der Waals surface area contributed by atoms with E-state index in [1.54, 1.807) is 18.4 Å². The maximum Gasteiger partial charge on any atom is 0.160 e. The molecule has 0 saturated heterocycles. The number of hydrogen-bond acceptors (Lipinski definition) is 6. The SMILES string of the molecule is Cc1nc2ccc(-c3cc(N)nc(N)c3)nc2n1CCc1ccco1. The van der Waals surface area contributed by atoms with Crippen LogP contribution in [-0.2, 0) is 13.0 Å². The van der Waals surface area contributed by atoms with Gasteiger partial charge in [-0.1, -0.05) is 0 Å². The summed E-state index contributed by atoms with van der Waals surface area (Å²) in [7, 11) is 0. The van der Waals surface area contributed by atoms with Gasteiger partial charge >= 0.3 is 0 Å². The summed E-state index contributed by atoms with van der Waals surface area (Å²) < 4.78 is 7.51. The Morgan fingerprint density at radius 3 is 2.56 bits per heavy atom. The van der Waals surface area contributed by atoms with Crippen LogP contribution < -0.4 is 11.5 Å². The maximum absolute atomic E-state index is 5.80. The van der Waals surface area contributed by atoms with Crippen molar-refractivity contribution >= 4 is 22.8 Å².